The fraction of sp³-hybridized carbons (Fsp3) is 0.355. The van der Waals surface area contributed by atoms with E-state index in [2.05, 4.69) is 15.6 Å². The second-order valence-electron chi connectivity index (χ2n) is 11.7. The van der Waals surface area contributed by atoms with Crippen molar-refractivity contribution in [2.45, 2.75) is 57.9 Å². The number of carbonyl (C=O) groups is 3. The summed E-state index contributed by atoms with van der Waals surface area (Å²) in [5, 5.41) is 6.58. The molecule has 0 radical (unpaired) electrons. The van der Waals surface area contributed by atoms with E-state index in [1.165, 1.54) is 0 Å². The van der Waals surface area contributed by atoms with Crippen LogP contribution >= 0.6 is 11.6 Å². The number of benzene rings is 2. The molecule has 1 aromatic heterocycles. The van der Waals surface area contributed by atoms with E-state index < -0.39 is 10.8 Å². The van der Waals surface area contributed by atoms with Crippen LogP contribution < -0.4 is 10.6 Å². The fourth-order valence-electron chi connectivity index (χ4n) is 6.51. The van der Waals surface area contributed by atoms with E-state index in [0.29, 0.717) is 29.4 Å². The number of fused-ring (bicyclic) bond motifs is 3. The highest BCUT2D eigenvalue weighted by Gasteiger charge is 2.51. The van der Waals surface area contributed by atoms with Gasteiger partial charge in [0, 0.05) is 27.9 Å². The van der Waals surface area contributed by atoms with E-state index in [0.717, 1.165) is 40.7 Å². The van der Waals surface area contributed by atoms with Crippen LogP contribution in [0.25, 0.3) is 0 Å². The molecule has 6 rings (SSSR count). The first kappa shape index (κ1) is 25.6. The number of anilines is 2. The maximum Gasteiger partial charge on any atom is 0.244 e. The number of aromatic nitrogens is 1. The Morgan fingerprint density at radius 2 is 1.92 bits per heavy atom. The number of nitrogens with zero attached hydrogens (tertiary/aromatic N) is 2. The van der Waals surface area contributed by atoms with E-state index >= 15 is 0 Å². The number of piperidine rings is 1. The number of halogens is 1. The standard InChI is InChI=1S/C31H31ClN4O3/c1-18-13-21(32)7-9-23(18)25-10-11-30(2,3)29(39)36(25)17-26(37)34-22-8-6-19-15-31(16-20(19)14-22)24-5-4-12-33-27(24)35-28(31)38/h4-9,12-14,25H,10-11,15-17H2,1-3H3,(H,34,37)(H,33,35,38)/t25-,31?/m0/s1. The van der Waals surface area contributed by atoms with Crippen LogP contribution in [0.3, 0.4) is 0 Å². The molecule has 1 saturated heterocycles. The van der Waals surface area contributed by atoms with Gasteiger partial charge in [-0.1, -0.05) is 43.6 Å². The predicted octanol–water partition coefficient (Wildman–Crippen LogP) is 5.36. The number of hydrogen-bond acceptors (Lipinski definition) is 4. The lowest BCUT2D eigenvalue weighted by molar-refractivity contribution is -0.150. The quantitative estimate of drug-likeness (QED) is 0.464. The molecule has 39 heavy (non-hydrogen) atoms. The zero-order valence-electron chi connectivity index (χ0n) is 22.3. The number of carbonyl (C=O) groups excluding carboxylic acids is 3. The zero-order chi connectivity index (χ0) is 27.5. The summed E-state index contributed by atoms with van der Waals surface area (Å²) < 4.78 is 0. The zero-order valence-corrected chi connectivity index (χ0v) is 23.1. The lowest BCUT2D eigenvalue weighted by Gasteiger charge is -2.43. The largest absolute Gasteiger partial charge is 0.326 e. The average molecular weight is 543 g/mol. The van der Waals surface area contributed by atoms with Gasteiger partial charge in [-0.2, -0.15) is 0 Å². The number of hydrogen-bond donors (Lipinski definition) is 2. The summed E-state index contributed by atoms with van der Waals surface area (Å²) in [6.45, 7) is 5.82. The Kier molecular flexibility index (Phi) is 6.03. The van der Waals surface area contributed by atoms with Crippen molar-refractivity contribution in [3.63, 3.8) is 0 Å². The Hall–Kier alpha value is -3.71. The van der Waals surface area contributed by atoms with Crippen LogP contribution in [0.1, 0.15) is 60.5 Å². The van der Waals surface area contributed by atoms with Gasteiger partial charge in [0.15, 0.2) is 0 Å². The molecular formula is C31H31ClN4O3. The van der Waals surface area contributed by atoms with Crippen molar-refractivity contribution in [1.82, 2.24) is 9.88 Å². The minimum atomic E-state index is -0.663. The molecule has 3 aliphatic rings. The van der Waals surface area contributed by atoms with Gasteiger partial charge in [-0.15, -0.1) is 0 Å². The van der Waals surface area contributed by atoms with Gasteiger partial charge in [0.1, 0.15) is 12.4 Å². The fourth-order valence-corrected chi connectivity index (χ4v) is 6.74. The first-order valence-electron chi connectivity index (χ1n) is 13.3. The van der Waals surface area contributed by atoms with Gasteiger partial charge in [0.25, 0.3) is 0 Å². The SMILES string of the molecule is Cc1cc(Cl)ccc1[C@@H]1CCC(C)(C)C(=O)N1CC(=O)Nc1ccc2c(c1)CC1(C2)C(=O)Nc2ncccc21. The number of pyridine rings is 1. The Morgan fingerprint density at radius 1 is 1.13 bits per heavy atom. The van der Waals surface area contributed by atoms with Gasteiger partial charge < -0.3 is 15.5 Å². The molecular weight excluding hydrogens is 512 g/mol. The molecule has 1 unspecified atom stereocenters. The molecule has 1 aliphatic carbocycles. The number of rotatable bonds is 4. The van der Waals surface area contributed by atoms with Crippen molar-refractivity contribution in [1.29, 1.82) is 0 Å². The van der Waals surface area contributed by atoms with Gasteiger partial charge >= 0.3 is 0 Å². The molecule has 3 aromatic rings. The van der Waals surface area contributed by atoms with Crippen LogP contribution in [0.15, 0.2) is 54.7 Å². The first-order chi connectivity index (χ1) is 18.6. The molecule has 2 atom stereocenters. The summed E-state index contributed by atoms with van der Waals surface area (Å²) in [5.74, 6) is 0.313. The number of amides is 3. The molecule has 3 amide bonds. The van der Waals surface area contributed by atoms with Gasteiger partial charge in [-0.05, 0) is 85.2 Å². The monoisotopic (exact) mass is 542 g/mol. The first-order valence-corrected chi connectivity index (χ1v) is 13.7. The third-order valence-electron chi connectivity index (χ3n) is 8.63. The minimum Gasteiger partial charge on any atom is -0.326 e. The van der Waals surface area contributed by atoms with E-state index in [-0.39, 0.29) is 30.3 Å². The lowest BCUT2D eigenvalue weighted by Crippen LogP contribution is -2.50. The second kappa shape index (κ2) is 9.19. The third-order valence-corrected chi connectivity index (χ3v) is 8.86. The highest BCUT2D eigenvalue weighted by atomic mass is 35.5. The summed E-state index contributed by atoms with van der Waals surface area (Å²) in [7, 11) is 0. The minimum absolute atomic E-state index is 0.0290. The van der Waals surface area contributed by atoms with E-state index in [1.54, 1.807) is 11.1 Å². The lowest BCUT2D eigenvalue weighted by atomic mass is 9.78. The van der Waals surface area contributed by atoms with Crippen molar-refractivity contribution in [3.8, 4) is 0 Å². The van der Waals surface area contributed by atoms with Crippen molar-refractivity contribution in [2.75, 3.05) is 17.2 Å². The molecule has 1 fully saturated rings. The second-order valence-corrected chi connectivity index (χ2v) is 12.1. The average Bonchev–Trinajstić information content (AvgIpc) is 3.40. The van der Waals surface area contributed by atoms with Gasteiger partial charge in [-0.25, -0.2) is 4.98 Å². The third kappa shape index (κ3) is 4.29. The molecule has 7 nitrogen and oxygen atoms in total. The van der Waals surface area contributed by atoms with E-state index in [4.69, 9.17) is 11.6 Å². The highest BCUT2D eigenvalue weighted by Crippen LogP contribution is 2.47. The van der Waals surface area contributed by atoms with Crippen LogP contribution in [0.2, 0.25) is 5.02 Å². The van der Waals surface area contributed by atoms with Gasteiger partial charge in [0.2, 0.25) is 17.7 Å². The smallest absolute Gasteiger partial charge is 0.244 e. The van der Waals surface area contributed by atoms with Crippen LogP contribution in [0.5, 0.6) is 0 Å². The molecule has 8 heteroatoms. The molecule has 2 N–H and O–H groups in total. The summed E-state index contributed by atoms with van der Waals surface area (Å²) >= 11 is 6.18. The van der Waals surface area contributed by atoms with Crippen LogP contribution in [-0.2, 0) is 32.6 Å². The topological polar surface area (TPSA) is 91.4 Å². The summed E-state index contributed by atoms with van der Waals surface area (Å²) in [6.07, 6.45) is 4.35. The van der Waals surface area contributed by atoms with Crippen LogP contribution in [0.4, 0.5) is 11.5 Å². The van der Waals surface area contributed by atoms with Crippen molar-refractivity contribution >= 4 is 40.8 Å². The Labute approximate surface area is 233 Å². The van der Waals surface area contributed by atoms with Crippen LogP contribution in [0, 0.1) is 12.3 Å². The van der Waals surface area contributed by atoms with E-state index in [9.17, 15) is 14.4 Å². The Morgan fingerprint density at radius 3 is 2.72 bits per heavy atom. The molecule has 2 aliphatic heterocycles. The molecule has 3 heterocycles. The number of aryl methyl sites for hydroxylation is 1. The van der Waals surface area contributed by atoms with E-state index in [1.807, 2.05) is 69.3 Å². The van der Waals surface area contributed by atoms with Crippen LogP contribution in [-0.4, -0.2) is 34.2 Å². The van der Waals surface area contributed by atoms with Gasteiger partial charge in [-0.3, -0.25) is 14.4 Å². The summed E-state index contributed by atoms with van der Waals surface area (Å²) in [5.41, 5.74) is 4.52. The molecule has 0 bridgehead atoms. The van der Waals surface area contributed by atoms with Crippen molar-refractivity contribution in [2.24, 2.45) is 5.41 Å². The maximum atomic E-state index is 13.5. The van der Waals surface area contributed by atoms with Crippen molar-refractivity contribution < 1.29 is 14.4 Å². The summed E-state index contributed by atoms with van der Waals surface area (Å²) in [6, 6.07) is 15.1. The van der Waals surface area contributed by atoms with Gasteiger partial charge in [0.05, 0.1) is 11.5 Å². The number of likely N-dealkylation sites (tertiary alicyclic amines) is 1. The molecule has 1 spiro atoms. The molecule has 0 saturated carbocycles. The normalized spacial score (nSPS) is 23.0. The predicted molar refractivity (Wildman–Crippen MR) is 151 cm³/mol. The Bertz CT molecular complexity index is 1530. The Balaban J connectivity index is 1.22. The summed E-state index contributed by atoms with van der Waals surface area (Å²) in [4.78, 5) is 45.9. The molecule has 2 aromatic carbocycles. The highest BCUT2D eigenvalue weighted by molar-refractivity contribution is 6.30. The van der Waals surface area contributed by atoms with Crippen molar-refractivity contribution in [3.05, 3.63) is 87.6 Å². The maximum absolute atomic E-state index is 13.5. The molecule has 200 valence electrons. The number of nitrogens with one attached hydrogen (secondary N) is 2.